The molecule has 0 aliphatic rings. The molecule has 0 bridgehead atoms. The molecule has 1 N–H and O–H groups in total. The Morgan fingerprint density at radius 2 is 1.81 bits per heavy atom. The zero-order chi connectivity index (χ0) is 19.2. The predicted octanol–water partition coefficient (Wildman–Crippen LogP) is 3.89. The van der Waals surface area contributed by atoms with Crippen LogP contribution in [0.1, 0.15) is 29.3 Å². The second-order valence-corrected chi connectivity index (χ2v) is 6.36. The summed E-state index contributed by atoms with van der Waals surface area (Å²) in [7, 11) is 0. The number of amides is 1. The first-order chi connectivity index (χ1) is 13.1. The van der Waals surface area contributed by atoms with Crippen molar-refractivity contribution in [3.8, 4) is 11.3 Å². The average Bonchev–Trinajstić information content (AvgIpc) is 2.70. The summed E-state index contributed by atoms with van der Waals surface area (Å²) in [5, 5.41) is 3.39. The molecule has 1 aromatic heterocycles. The fourth-order valence-corrected chi connectivity index (χ4v) is 2.74. The molecular formula is C22H22N2O3. The van der Waals surface area contributed by atoms with Crippen LogP contribution in [0.2, 0.25) is 0 Å². The van der Waals surface area contributed by atoms with Crippen molar-refractivity contribution in [3.05, 3.63) is 65.7 Å². The van der Waals surface area contributed by atoms with Crippen LogP contribution in [0.4, 0.5) is 0 Å². The molecule has 0 aliphatic carbocycles. The summed E-state index contributed by atoms with van der Waals surface area (Å²) < 4.78 is 5.23. The van der Waals surface area contributed by atoms with Gasteiger partial charge in [-0.2, -0.15) is 0 Å². The molecule has 0 saturated carbocycles. The Labute approximate surface area is 158 Å². The van der Waals surface area contributed by atoms with Gasteiger partial charge in [-0.05, 0) is 25.5 Å². The SMILES string of the molecule is CCCNC(=O)COC(=O)c1cc(-c2ccc(C)cc2)nc2ccccc12. The lowest BCUT2D eigenvalue weighted by Crippen LogP contribution is -2.29. The Kier molecular flexibility index (Phi) is 5.81. The summed E-state index contributed by atoms with van der Waals surface area (Å²) in [6.07, 6.45) is 0.828. The molecule has 5 heteroatoms. The highest BCUT2D eigenvalue weighted by atomic mass is 16.5. The van der Waals surface area contributed by atoms with E-state index < -0.39 is 5.97 Å². The minimum atomic E-state index is -0.534. The fraction of sp³-hybridized carbons (Fsp3) is 0.227. The maximum absolute atomic E-state index is 12.6. The number of aromatic nitrogens is 1. The van der Waals surface area contributed by atoms with Crippen LogP contribution >= 0.6 is 0 Å². The van der Waals surface area contributed by atoms with E-state index in [0.717, 1.165) is 17.5 Å². The van der Waals surface area contributed by atoms with Crippen molar-refractivity contribution in [3.63, 3.8) is 0 Å². The maximum atomic E-state index is 12.6. The summed E-state index contributed by atoms with van der Waals surface area (Å²) >= 11 is 0. The number of nitrogens with one attached hydrogen (secondary N) is 1. The molecule has 0 spiro atoms. The minimum Gasteiger partial charge on any atom is -0.452 e. The van der Waals surface area contributed by atoms with Gasteiger partial charge in [-0.3, -0.25) is 4.79 Å². The molecule has 0 radical (unpaired) electrons. The molecule has 1 amide bonds. The second kappa shape index (κ2) is 8.45. The molecule has 0 saturated heterocycles. The molecule has 138 valence electrons. The lowest BCUT2D eigenvalue weighted by atomic mass is 10.0. The van der Waals surface area contributed by atoms with E-state index in [4.69, 9.17) is 4.74 Å². The highest BCUT2D eigenvalue weighted by Crippen LogP contribution is 2.25. The first-order valence-corrected chi connectivity index (χ1v) is 8.99. The number of hydrogen-bond acceptors (Lipinski definition) is 4. The third-order valence-electron chi connectivity index (χ3n) is 4.19. The normalized spacial score (nSPS) is 10.6. The van der Waals surface area contributed by atoms with Gasteiger partial charge in [-0.1, -0.05) is 55.0 Å². The summed E-state index contributed by atoms with van der Waals surface area (Å²) in [4.78, 5) is 29.0. The van der Waals surface area contributed by atoms with Crippen LogP contribution in [0.15, 0.2) is 54.6 Å². The van der Waals surface area contributed by atoms with Gasteiger partial charge in [-0.25, -0.2) is 9.78 Å². The number of aryl methyl sites for hydroxylation is 1. The van der Waals surface area contributed by atoms with Crippen molar-refractivity contribution in [2.45, 2.75) is 20.3 Å². The van der Waals surface area contributed by atoms with Crippen LogP contribution in [-0.4, -0.2) is 30.0 Å². The number of para-hydroxylation sites is 1. The maximum Gasteiger partial charge on any atom is 0.339 e. The van der Waals surface area contributed by atoms with Gasteiger partial charge in [0.25, 0.3) is 5.91 Å². The van der Waals surface area contributed by atoms with Gasteiger partial charge in [0.15, 0.2) is 6.61 Å². The van der Waals surface area contributed by atoms with Crippen molar-refractivity contribution in [2.75, 3.05) is 13.2 Å². The van der Waals surface area contributed by atoms with Crippen molar-refractivity contribution < 1.29 is 14.3 Å². The van der Waals surface area contributed by atoms with Crippen LogP contribution in [0.3, 0.4) is 0 Å². The molecule has 0 fully saturated rings. The Morgan fingerprint density at radius 3 is 2.56 bits per heavy atom. The van der Waals surface area contributed by atoms with E-state index in [1.807, 2.05) is 62.4 Å². The van der Waals surface area contributed by atoms with Crippen molar-refractivity contribution >= 4 is 22.8 Å². The van der Waals surface area contributed by atoms with E-state index in [1.165, 1.54) is 0 Å². The topological polar surface area (TPSA) is 68.3 Å². The van der Waals surface area contributed by atoms with E-state index >= 15 is 0 Å². The van der Waals surface area contributed by atoms with Gasteiger partial charge in [-0.15, -0.1) is 0 Å². The van der Waals surface area contributed by atoms with Crippen LogP contribution in [-0.2, 0) is 9.53 Å². The van der Waals surface area contributed by atoms with Crippen LogP contribution in [0.5, 0.6) is 0 Å². The number of carbonyl (C=O) groups excluding carboxylic acids is 2. The molecule has 3 aromatic rings. The largest absolute Gasteiger partial charge is 0.452 e. The Bertz CT molecular complexity index is 965. The number of ether oxygens (including phenoxy) is 1. The smallest absolute Gasteiger partial charge is 0.339 e. The molecule has 5 nitrogen and oxygen atoms in total. The number of fused-ring (bicyclic) bond motifs is 1. The Balaban J connectivity index is 1.92. The van der Waals surface area contributed by atoms with Gasteiger partial charge in [0.05, 0.1) is 16.8 Å². The molecule has 0 unspecified atom stereocenters. The molecule has 1 heterocycles. The van der Waals surface area contributed by atoms with E-state index in [2.05, 4.69) is 10.3 Å². The van der Waals surface area contributed by atoms with Gasteiger partial charge in [0.2, 0.25) is 0 Å². The third-order valence-corrected chi connectivity index (χ3v) is 4.19. The number of hydrogen-bond donors (Lipinski definition) is 1. The second-order valence-electron chi connectivity index (χ2n) is 6.36. The minimum absolute atomic E-state index is 0.296. The number of nitrogens with zero attached hydrogens (tertiary/aromatic N) is 1. The van der Waals surface area contributed by atoms with Crippen molar-refractivity contribution in [1.82, 2.24) is 10.3 Å². The first-order valence-electron chi connectivity index (χ1n) is 8.99. The summed E-state index contributed by atoms with van der Waals surface area (Å²) in [6, 6.07) is 17.1. The zero-order valence-corrected chi connectivity index (χ0v) is 15.5. The fourth-order valence-electron chi connectivity index (χ4n) is 2.74. The number of esters is 1. The zero-order valence-electron chi connectivity index (χ0n) is 15.5. The molecule has 3 rings (SSSR count). The number of benzene rings is 2. The number of rotatable bonds is 6. The van der Waals surface area contributed by atoms with Crippen LogP contribution in [0, 0.1) is 6.92 Å². The van der Waals surface area contributed by atoms with Gasteiger partial charge < -0.3 is 10.1 Å². The number of pyridine rings is 1. The molecule has 27 heavy (non-hydrogen) atoms. The standard InChI is InChI=1S/C22H22N2O3/c1-3-12-23-21(25)14-27-22(26)18-13-20(16-10-8-15(2)9-11-16)24-19-7-5-4-6-17(18)19/h4-11,13H,3,12,14H2,1-2H3,(H,23,25). The van der Waals surface area contributed by atoms with Crippen molar-refractivity contribution in [1.29, 1.82) is 0 Å². The van der Waals surface area contributed by atoms with Crippen LogP contribution in [0.25, 0.3) is 22.2 Å². The monoisotopic (exact) mass is 362 g/mol. The average molecular weight is 362 g/mol. The first kappa shape index (κ1) is 18.6. The molecular weight excluding hydrogens is 340 g/mol. The van der Waals surface area contributed by atoms with Gasteiger partial charge >= 0.3 is 5.97 Å². The van der Waals surface area contributed by atoms with Crippen molar-refractivity contribution in [2.24, 2.45) is 0 Å². The summed E-state index contributed by atoms with van der Waals surface area (Å²) in [5.41, 5.74) is 3.87. The van der Waals surface area contributed by atoms with E-state index in [0.29, 0.717) is 28.7 Å². The summed E-state index contributed by atoms with van der Waals surface area (Å²) in [5.74, 6) is -0.837. The van der Waals surface area contributed by atoms with E-state index in [1.54, 1.807) is 6.07 Å². The predicted molar refractivity (Wildman–Crippen MR) is 105 cm³/mol. The van der Waals surface area contributed by atoms with E-state index in [-0.39, 0.29) is 12.5 Å². The quantitative estimate of drug-likeness (QED) is 0.676. The molecule has 0 aliphatic heterocycles. The van der Waals surface area contributed by atoms with E-state index in [9.17, 15) is 9.59 Å². The highest BCUT2D eigenvalue weighted by molar-refractivity contribution is 6.05. The highest BCUT2D eigenvalue weighted by Gasteiger charge is 2.16. The third kappa shape index (κ3) is 4.50. The Hall–Kier alpha value is -3.21. The lowest BCUT2D eigenvalue weighted by Gasteiger charge is -2.10. The van der Waals surface area contributed by atoms with Gasteiger partial charge in [0.1, 0.15) is 0 Å². The summed E-state index contributed by atoms with van der Waals surface area (Å²) in [6.45, 7) is 4.24. The molecule has 2 aromatic carbocycles. The Morgan fingerprint density at radius 1 is 1.07 bits per heavy atom. The number of carbonyl (C=O) groups is 2. The lowest BCUT2D eigenvalue weighted by molar-refractivity contribution is -0.124. The van der Waals surface area contributed by atoms with Gasteiger partial charge in [0, 0.05) is 17.5 Å². The van der Waals surface area contributed by atoms with Crippen LogP contribution < -0.4 is 5.32 Å². The molecule has 0 atom stereocenters.